The maximum absolute atomic E-state index is 12.4. The molecule has 1 aromatic carbocycles. The van der Waals surface area contributed by atoms with Crippen LogP contribution in [0.15, 0.2) is 41.4 Å². The second-order valence-corrected chi connectivity index (χ2v) is 6.28. The van der Waals surface area contributed by atoms with Crippen molar-refractivity contribution >= 4 is 27.8 Å². The fourth-order valence-corrected chi connectivity index (χ4v) is 2.29. The van der Waals surface area contributed by atoms with Crippen molar-refractivity contribution < 1.29 is 14.7 Å². The van der Waals surface area contributed by atoms with Crippen LogP contribution in [0.3, 0.4) is 0 Å². The zero-order chi connectivity index (χ0) is 16.0. The molecule has 0 aliphatic carbocycles. The molecular weight excluding hydrogens is 334 g/mol. The molecule has 1 aromatic rings. The lowest BCUT2D eigenvalue weighted by atomic mass is 9.83. The standard InChI is InChI=1S/C16H20BrNO3/c1-4-5-9-13(14(19)20)18-15(21)16(2,3)11-7-6-8-12(17)10-11/h4,6-8,10,13H,1,5,9H2,2-3H3,(H,18,21)(H,19,20). The number of benzene rings is 1. The first kappa shape index (κ1) is 17.4. The Hall–Kier alpha value is -1.62. The number of hydrogen-bond donors (Lipinski definition) is 2. The van der Waals surface area contributed by atoms with Crippen LogP contribution in [0.1, 0.15) is 32.3 Å². The van der Waals surface area contributed by atoms with E-state index in [1.54, 1.807) is 19.9 Å². The van der Waals surface area contributed by atoms with Crippen molar-refractivity contribution in [3.8, 4) is 0 Å². The molecule has 1 amide bonds. The highest BCUT2D eigenvalue weighted by atomic mass is 79.9. The molecule has 4 nitrogen and oxygen atoms in total. The number of rotatable bonds is 7. The second-order valence-electron chi connectivity index (χ2n) is 5.37. The molecule has 114 valence electrons. The van der Waals surface area contributed by atoms with E-state index in [0.29, 0.717) is 12.8 Å². The van der Waals surface area contributed by atoms with E-state index in [0.717, 1.165) is 10.0 Å². The summed E-state index contributed by atoms with van der Waals surface area (Å²) in [6, 6.07) is 6.53. The number of aliphatic carboxylic acids is 1. The number of hydrogen-bond acceptors (Lipinski definition) is 2. The summed E-state index contributed by atoms with van der Waals surface area (Å²) in [5, 5.41) is 11.8. The highest BCUT2D eigenvalue weighted by Gasteiger charge is 2.32. The normalized spacial score (nSPS) is 12.5. The van der Waals surface area contributed by atoms with Crippen molar-refractivity contribution in [2.45, 2.75) is 38.1 Å². The summed E-state index contributed by atoms with van der Waals surface area (Å²) >= 11 is 3.38. The molecular formula is C16H20BrNO3. The fourth-order valence-electron chi connectivity index (χ4n) is 1.89. The lowest BCUT2D eigenvalue weighted by Crippen LogP contribution is -2.48. The summed E-state index contributed by atoms with van der Waals surface area (Å²) in [6.45, 7) is 7.11. The molecule has 0 bridgehead atoms. The van der Waals surface area contributed by atoms with Gasteiger partial charge in [-0.3, -0.25) is 4.79 Å². The fraction of sp³-hybridized carbons (Fsp3) is 0.375. The molecule has 1 unspecified atom stereocenters. The zero-order valence-electron chi connectivity index (χ0n) is 12.2. The van der Waals surface area contributed by atoms with Crippen LogP contribution >= 0.6 is 15.9 Å². The molecule has 0 saturated carbocycles. The van der Waals surface area contributed by atoms with Crippen LogP contribution in [0.4, 0.5) is 0 Å². The van der Waals surface area contributed by atoms with Crippen molar-refractivity contribution in [2.24, 2.45) is 0 Å². The Morgan fingerprint density at radius 3 is 2.67 bits per heavy atom. The first-order chi connectivity index (χ1) is 9.78. The lowest BCUT2D eigenvalue weighted by Gasteiger charge is -2.26. The number of carboxylic acid groups (broad SMARTS) is 1. The van der Waals surface area contributed by atoms with Crippen LogP contribution < -0.4 is 5.32 Å². The zero-order valence-corrected chi connectivity index (χ0v) is 13.8. The molecule has 1 rings (SSSR count). The van der Waals surface area contributed by atoms with Gasteiger partial charge in [0.05, 0.1) is 5.41 Å². The van der Waals surface area contributed by atoms with Gasteiger partial charge in [0.1, 0.15) is 6.04 Å². The number of allylic oxidation sites excluding steroid dienone is 1. The minimum Gasteiger partial charge on any atom is -0.480 e. The maximum atomic E-state index is 12.4. The third kappa shape index (κ3) is 4.70. The quantitative estimate of drug-likeness (QED) is 0.739. The predicted octanol–water partition coefficient (Wildman–Crippen LogP) is 3.26. The summed E-state index contributed by atoms with van der Waals surface area (Å²) in [5.41, 5.74) is 0.00768. The summed E-state index contributed by atoms with van der Waals surface area (Å²) in [4.78, 5) is 23.6. The van der Waals surface area contributed by atoms with Gasteiger partial charge in [0.15, 0.2) is 0 Å². The molecule has 0 aliphatic rings. The molecule has 0 radical (unpaired) electrons. The molecule has 0 aromatic heterocycles. The van der Waals surface area contributed by atoms with E-state index in [1.165, 1.54) is 0 Å². The molecule has 5 heteroatoms. The third-order valence-electron chi connectivity index (χ3n) is 3.38. The summed E-state index contributed by atoms with van der Waals surface area (Å²) < 4.78 is 0.877. The molecule has 0 aliphatic heterocycles. The van der Waals surface area contributed by atoms with Gasteiger partial charge in [-0.1, -0.05) is 34.1 Å². The van der Waals surface area contributed by atoms with Crippen molar-refractivity contribution in [1.82, 2.24) is 5.32 Å². The predicted molar refractivity (Wildman–Crippen MR) is 86.2 cm³/mol. The van der Waals surface area contributed by atoms with Crippen LogP contribution in [0.2, 0.25) is 0 Å². The smallest absolute Gasteiger partial charge is 0.326 e. The number of halogens is 1. The lowest BCUT2D eigenvalue weighted by molar-refractivity contribution is -0.142. The van der Waals surface area contributed by atoms with Gasteiger partial charge >= 0.3 is 5.97 Å². The summed E-state index contributed by atoms with van der Waals surface area (Å²) in [7, 11) is 0. The maximum Gasteiger partial charge on any atom is 0.326 e. The molecule has 0 heterocycles. The van der Waals surface area contributed by atoms with Crippen LogP contribution in [0, 0.1) is 0 Å². The third-order valence-corrected chi connectivity index (χ3v) is 3.87. The summed E-state index contributed by atoms with van der Waals surface area (Å²) in [5.74, 6) is -1.34. The highest BCUT2D eigenvalue weighted by Crippen LogP contribution is 2.26. The highest BCUT2D eigenvalue weighted by molar-refractivity contribution is 9.10. The van der Waals surface area contributed by atoms with E-state index in [4.69, 9.17) is 0 Å². The van der Waals surface area contributed by atoms with Gasteiger partial charge in [-0.25, -0.2) is 4.79 Å². The van der Waals surface area contributed by atoms with E-state index in [9.17, 15) is 14.7 Å². The molecule has 21 heavy (non-hydrogen) atoms. The van der Waals surface area contributed by atoms with Gasteiger partial charge in [0, 0.05) is 4.47 Å². The van der Waals surface area contributed by atoms with E-state index in [2.05, 4.69) is 27.8 Å². The van der Waals surface area contributed by atoms with E-state index in [1.807, 2.05) is 24.3 Å². The first-order valence-electron chi connectivity index (χ1n) is 6.69. The Labute approximate surface area is 133 Å². The molecule has 2 N–H and O–H groups in total. The van der Waals surface area contributed by atoms with Crippen molar-refractivity contribution in [3.05, 3.63) is 47.0 Å². The SMILES string of the molecule is C=CCCC(NC(=O)C(C)(C)c1cccc(Br)c1)C(=O)O. The Kier molecular flexibility index (Phi) is 6.15. The number of amides is 1. The first-order valence-corrected chi connectivity index (χ1v) is 7.49. The van der Waals surface area contributed by atoms with Crippen LogP contribution in [-0.2, 0) is 15.0 Å². The molecule has 0 spiro atoms. The Morgan fingerprint density at radius 2 is 2.14 bits per heavy atom. The van der Waals surface area contributed by atoms with Crippen LogP contribution in [0.25, 0.3) is 0 Å². The van der Waals surface area contributed by atoms with E-state index >= 15 is 0 Å². The van der Waals surface area contributed by atoms with Crippen molar-refractivity contribution in [1.29, 1.82) is 0 Å². The monoisotopic (exact) mass is 353 g/mol. The largest absolute Gasteiger partial charge is 0.480 e. The van der Waals surface area contributed by atoms with Gasteiger partial charge in [-0.15, -0.1) is 6.58 Å². The Bertz CT molecular complexity index is 540. The number of nitrogens with one attached hydrogen (secondary N) is 1. The van der Waals surface area contributed by atoms with Crippen molar-refractivity contribution in [3.63, 3.8) is 0 Å². The molecule has 1 atom stereocenters. The second kappa shape index (κ2) is 7.41. The Morgan fingerprint density at radius 1 is 1.48 bits per heavy atom. The topological polar surface area (TPSA) is 66.4 Å². The van der Waals surface area contributed by atoms with Gasteiger partial charge in [0.25, 0.3) is 0 Å². The summed E-state index contributed by atoms with van der Waals surface area (Å²) in [6.07, 6.45) is 2.51. The van der Waals surface area contributed by atoms with Gasteiger partial charge < -0.3 is 10.4 Å². The molecule has 0 fully saturated rings. The van der Waals surface area contributed by atoms with Gasteiger partial charge in [-0.2, -0.15) is 0 Å². The van der Waals surface area contributed by atoms with Gasteiger partial charge in [-0.05, 0) is 44.4 Å². The number of carboxylic acids is 1. The van der Waals surface area contributed by atoms with Crippen molar-refractivity contribution in [2.75, 3.05) is 0 Å². The number of carbonyl (C=O) groups excluding carboxylic acids is 1. The minimum atomic E-state index is -1.03. The molecule has 0 saturated heterocycles. The minimum absolute atomic E-state index is 0.308. The Balaban J connectivity index is 2.89. The average molecular weight is 354 g/mol. The van der Waals surface area contributed by atoms with E-state index < -0.39 is 17.4 Å². The van der Waals surface area contributed by atoms with Crippen LogP contribution in [0.5, 0.6) is 0 Å². The van der Waals surface area contributed by atoms with E-state index in [-0.39, 0.29) is 5.91 Å². The van der Waals surface area contributed by atoms with Crippen LogP contribution in [-0.4, -0.2) is 23.0 Å². The number of carbonyl (C=O) groups is 2. The average Bonchev–Trinajstić information content (AvgIpc) is 2.42. The van der Waals surface area contributed by atoms with Gasteiger partial charge in [0.2, 0.25) is 5.91 Å².